The molecule has 8 heavy (non-hydrogen) atoms. The second-order valence-electron chi connectivity index (χ2n) is 1.63. The summed E-state index contributed by atoms with van der Waals surface area (Å²) >= 11 is 0. The minimum Gasteiger partial charge on any atom is -0.513 e. The Hall–Kier alpha value is -0.500. The molecule has 0 radical (unpaired) electrons. The van der Waals surface area contributed by atoms with Gasteiger partial charge in [-0.15, -0.1) is 0 Å². The van der Waals surface area contributed by atoms with Gasteiger partial charge in [-0.25, -0.2) is 0 Å². The molecular formula is C6H12O2. The van der Waals surface area contributed by atoms with E-state index in [1.165, 1.54) is 6.08 Å². The fraction of sp³-hybridized carbons (Fsp3) is 0.667. The molecule has 0 heterocycles. The van der Waals surface area contributed by atoms with Crippen molar-refractivity contribution in [3.8, 4) is 0 Å². The Balaban J connectivity index is 3.29. The highest BCUT2D eigenvalue weighted by Gasteiger charge is 1.85. The van der Waals surface area contributed by atoms with Gasteiger partial charge in [-0.2, -0.15) is 0 Å². The highest BCUT2D eigenvalue weighted by atomic mass is 16.3. The van der Waals surface area contributed by atoms with E-state index in [0.717, 1.165) is 6.42 Å². The van der Waals surface area contributed by atoms with Crippen molar-refractivity contribution in [2.75, 3.05) is 6.61 Å². The Morgan fingerprint density at radius 1 is 1.62 bits per heavy atom. The largest absolute Gasteiger partial charge is 0.513 e. The van der Waals surface area contributed by atoms with Gasteiger partial charge < -0.3 is 10.2 Å². The lowest BCUT2D eigenvalue weighted by atomic mass is 10.3. The lowest BCUT2D eigenvalue weighted by molar-refractivity contribution is 0.324. The molecule has 0 saturated heterocycles. The molecule has 0 amide bonds. The van der Waals surface area contributed by atoms with Crippen LogP contribution in [0.15, 0.2) is 11.8 Å². The van der Waals surface area contributed by atoms with Crippen LogP contribution in [0.4, 0.5) is 0 Å². The Morgan fingerprint density at radius 2 is 2.25 bits per heavy atom. The third-order valence-corrected chi connectivity index (χ3v) is 0.833. The van der Waals surface area contributed by atoms with Crippen molar-refractivity contribution >= 4 is 0 Å². The topological polar surface area (TPSA) is 40.5 Å². The first-order valence-electron chi connectivity index (χ1n) is 2.80. The first kappa shape index (κ1) is 7.50. The number of hydrogen-bond donors (Lipinski definition) is 2. The molecule has 0 atom stereocenters. The molecule has 0 aliphatic rings. The molecule has 0 spiro atoms. The molecule has 0 saturated carbocycles. The summed E-state index contributed by atoms with van der Waals surface area (Å²) in [6, 6.07) is 0. The van der Waals surface area contributed by atoms with E-state index in [9.17, 15) is 0 Å². The molecule has 0 unspecified atom stereocenters. The monoisotopic (exact) mass is 116 g/mol. The summed E-state index contributed by atoms with van der Waals surface area (Å²) in [5.41, 5.74) is 0. The number of allylic oxidation sites excluding steroid dienone is 1. The lowest BCUT2D eigenvalue weighted by Crippen LogP contribution is -1.82. The van der Waals surface area contributed by atoms with E-state index in [-0.39, 0.29) is 12.4 Å². The van der Waals surface area contributed by atoms with E-state index >= 15 is 0 Å². The van der Waals surface area contributed by atoms with Gasteiger partial charge in [0.1, 0.15) is 0 Å². The first-order chi connectivity index (χ1) is 3.81. The van der Waals surface area contributed by atoms with Crippen LogP contribution in [-0.4, -0.2) is 16.8 Å². The van der Waals surface area contributed by atoms with E-state index < -0.39 is 0 Å². The van der Waals surface area contributed by atoms with E-state index in [1.54, 1.807) is 0 Å². The van der Waals surface area contributed by atoms with Gasteiger partial charge in [-0.1, -0.05) is 6.92 Å². The minimum absolute atomic E-state index is 0.0637. The smallest absolute Gasteiger partial charge is 0.0905 e. The van der Waals surface area contributed by atoms with Gasteiger partial charge in [-0.3, -0.25) is 0 Å². The zero-order chi connectivity index (χ0) is 6.41. The summed E-state index contributed by atoms with van der Waals surface area (Å²) in [4.78, 5) is 0. The van der Waals surface area contributed by atoms with Crippen LogP contribution in [-0.2, 0) is 0 Å². The van der Waals surface area contributed by atoms with Gasteiger partial charge in [-0.05, 0) is 12.5 Å². The van der Waals surface area contributed by atoms with Crippen LogP contribution in [0.5, 0.6) is 0 Å². The molecule has 0 aliphatic carbocycles. The molecule has 2 N–H and O–H groups in total. The zero-order valence-electron chi connectivity index (χ0n) is 5.09. The maximum Gasteiger partial charge on any atom is 0.0905 e. The average Bonchev–Trinajstić information content (AvgIpc) is 1.68. The van der Waals surface area contributed by atoms with Crippen LogP contribution in [0.1, 0.15) is 19.8 Å². The number of aliphatic hydroxyl groups excluding tert-OH is 2. The molecule has 2 nitrogen and oxygen atoms in total. The predicted molar refractivity (Wildman–Crippen MR) is 32.7 cm³/mol. The Bertz CT molecular complexity index is 76.6. The van der Waals surface area contributed by atoms with Crippen molar-refractivity contribution in [1.29, 1.82) is 0 Å². The molecule has 0 rings (SSSR count). The average molecular weight is 116 g/mol. The van der Waals surface area contributed by atoms with Gasteiger partial charge in [0.2, 0.25) is 0 Å². The first-order valence-corrected chi connectivity index (χ1v) is 2.80. The SMILES string of the molecule is CCC/C(O)=C/CO. The second kappa shape index (κ2) is 4.65. The summed E-state index contributed by atoms with van der Waals surface area (Å²) in [6.45, 7) is 1.91. The van der Waals surface area contributed by atoms with Crippen LogP contribution in [0.25, 0.3) is 0 Å². The van der Waals surface area contributed by atoms with Crippen molar-refractivity contribution in [1.82, 2.24) is 0 Å². The summed E-state index contributed by atoms with van der Waals surface area (Å²) in [7, 11) is 0. The van der Waals surface area contributed by atoms with Gasteiger partial charge >= 0.3 is 0 Å². The van der Waals surface area contributed by atoms with Crippen molar-refractivity contribution < 1.29 is 10.2 Å². The number of rotatable bonds is 3. The number of hydrogen-bond acceptors (Lipinski definition) is 2. The zero-order valence-corrected chi connectivity index (χ0v) is 5.09. The van der Waals surface area contributed by atoms with Crippen molar-refractivity contribution in [3.63, 3.8) is 0 Å². The van der Waals surface area contributed by atoms with Gasteiger partial charge in [0.25, 0.3) is 0 Å². The van der Waals surface area contributed by atoms with Crippen LogP contribution < -0.4 is 0 Å². The highest BCUT2D eigenvalue weighted by molar-refractivity contribution is 4.89. The van der Waals surface area contributed by atoms with E-state index in [1.807, 2.05) is 6.92 Å². The third-order valence-electron chi connectivity index (χ3n) is 0.833. The van der Waals surface area contributed by atoms with Crippen molar-refractivity contribution in [3.05, 3.63) is 11.8 Å². The normalized spacial score (nSPS) is 12.0. The fourth-order valence-corrected chi connectivity index (χ4v) is 0.464. The third kappa shape index (κ3) is 3.68. The second-order valence-corrected chi connectivity index (χ2v) is 1.63. The van der Waals surface area contributed by atoms with Crippen LogP contribution in [0.2, 0.25) is 0 Å². The van der Waals surface area contributed by atoms with Gasteiger partial charge in [0.05, 0.1) is 12.4 Å². The van der Waals surface area contributed by atoms with Gasteiger partial charge in [0.15, 0.2) is 0 Å². The van der Waals surface area contributed by atoms with Crippen LogP contribution in [0, 0.1) is 0 Å². The molecule has 0 aliphatic heterocycles. The molecule has 2 heteroatoms. The molecule has 0 aromatic carbocycles. The quantitative estimate of drug-likeness (QED) is 0.544. The van der Waals surface area contributed by atoms with Crippen molar-refractivity contribution in [2.24, 2.45) is 0 Å². The number of aliphatic hydroxyl groups is 2. The van der Waals surface area contributed by atoms with E-state index in [0.29, 0.717) is 6.42 Å². The Kier molecular flexibility index (Phi) is 4.36. The standard InChI is InChI=1S/C6H12O2/c1-2-3-6(8)4-5-7/h4,7-8H,2-3,5H2,1H3/b6-4-. The Morgan fingerprint density at radius 3 is 2.62 bits per heavy atom. The van der Waals surface area contributed by atoms with E-state index in [4.69, 9.17) is 10.2 Å². The maximum absolute atomic E-state index is 8.75. The molecule has 0 bridgehead atoms. The summed E-state index contributed by atoms with van der Waals surface area (Å²) in [5, 5.41) is 17.0. The fourth-order valence-electron chi connectivity index (χ4n) is 0.464. The molecule has 48 valence electrons. The lowest BCUT2D eigenvalue weighted by Gasteiger charge is -1.92. The molecular weight excluding hydrogens is 104 g/mol. The summed E-state index contributed by atoms with van der Waals surface area (Å²) < 4.78 is 0. The minimum atomic E-state index is -0.0637. The predicted octanol–water partition coefficient (Wildman–Crippen LogP) is 1.22. The summed E-state index contributed by atoms with van der Waals surface area (Å²) in [5.74, 6) is 0.287. The molecule has 0 fully saturated rings. The molecule has 0 aromatic rings. The summed E-state index contributed by atoms with van der Waals surface area (Å²) in [6.07, 6.45) is 2.99. The Labute approximate surface area is 49.5 Å². The molecule has 0 aromatic heterocycles. The maximum atomic E-state index is 8.75. The van der Waals surface area contributed by atoms with Crippen molar-refractivity contribution in [2.45, 2.75) is 19.8 Å². The van der Waals surface area contributed by atoms with Crippen LogP contribution >= 0.6 is 0 Å². The van der Waals surface area contributed by atoms with Gasteiger partial charge in [0, 0.05) is 6.42 Å². The highest BCUT2D eigenvalue weighted by Crippen LogP contribution is 1.97. The van der Waals surface area contributed by atoms with E-state index in [2.05, 4.69) is 0 Å². The van der Waals surface area contributed by atoms with Crippen LogP contribution in [0.3, 0.4) is 0 Å².